The molecule has 0 unspecified atom stereocenters. The smallest absolute Gasteiger partial charge is 0.264 e. The lowest BCUT2D eigenvalue weighted by molar-refractivity contribution is 0.102. The van der Waals surface area contributed by atoms with Crippen LogP contribution in [-0.2, 0) is 10.0 Å². The predicted molar refractivity (Wildman–Crippen MR) is 118 cm³/mol. The zero-order valence-corrected chi connectivity index (χ0v) is 18.0. The van der Waals surface area contributed by atoms with Gasteiger partial charge in [0.2, 0.25) is 0 Å². The van der Waals surface area contributed by atoms with E-state index in [1.807, 2.05) is 0 Å². The van der Waals surface area contributed by atoms with Crippen molar-refractivity contribution in [2.24, 2.45) is 0 Å². The van der Waals surface area contributed by atoms with Crippen molar-refractivity contribution in [1.29, 1.82) is 0 Å². The molecule has 0 saturated heterocycles. The molecule has 0 aliphatic carbocycles. The Bertz CT molecular complexity index is 1150. The van der Waals surface area contributed by atoms with E-state index < -0.39 is 10.0 Å². The highest BCUT2D eigenvalue weighted by atomic mass is 35.5. The topological polar surface area (TPSA) is 66.5 Å². The Labute approximate surface area is 179 Å². The maximum atomic E-state index is 13.0. The Morgan fingerprint density at radius 1 is 0.897 bits per heavy atom. The number of aryl methyl sites for hydroxylation is 1. The molecule has 3 aromatic carbocycles. The molecule has 8 heteroatoms. The van der Waals surface area contributed by atoms with Gasteiger partial charge in [-0.1, -0.05) is 29.3 Å². The van der Waals surface area contributed by atoms with Crippen molar-refractivity contribution in [2.45, 2.75) is 11.8 Å². The first-order valence-electron chi connectivity index (χ1n) is 8.60. The summed E-state index contributed by atoms with van der Waals surface area (Å²) in [6.07, 6.45) is 0. The summed E-state index contributed by atoms with van der Waals surface area (Å²) in [7, 11) is -2.36. The summed E-state index contributed by atoms with van der Waals surface area (Å²) >= 11 is 11.7. The molecule has 0 radical (unpaired) electrons. The lowest BCUT2D eigenvalue weighted by atomic mass is 10.1. The van der Waals surface area contributed by atoms with Crippen LogP contribution in [0.5, 0.6) is 0 Å². The van der Waals surface area contributed by atoms with Crippen LogP contribution in [0.1, 0.15) is 15.9 Å². The number of carbonyl (C=O) groups excluding carboxylic acids is 1. The average Bonchev–Trinajstić information content (AvgIpc) is 2.70. The normalized spacial score (nSPS) is 11.2. The van der Waals surface area contributed by atoms with Crippen molar-refractivity contribution >= 4 is 50.5 Å². The van der Waals surface area contributed by atoms with Crippen molar-refractivity contribution in [2.75, 3.05) is 16.7 Å². The number of nitrogens with one attached hydrogen (secondary N) is 1. The number of benzene rings is 3. The highest BCUT2D eigenvalue weighted by Crippen LogP contribution is 2.27. The van der Waals surface area contributed by atoms with Crippen LogP contribution in [0, 0.1) is 6.92 Å². The fourth-order valence-corrected chi connectivity index (χ4v) is 4.22. The van der Waals surface area contributed by atoms with Gasteiger partial charge in [-0.05, 0) is 73.2 Å². The van der Waals surface area contributed by atoms with Crippen molar-refractivity contribution in [3.8, 4) is 0 Å². The van der Waals surface area contributed by atoms with Gasteiger partial charge in [0.05, 0.1) is 10.6 Å². The first-order valence-corrected chi connectivity index (χ1v) is 10.8. The zero-order chi connectivity index (χ0) is 21.2. The summed E-state index contributed by atoms with van der Waals surface area (Å²) in [5.41, 5.74) is 2.04. The van der Waals surface area contributed by atoms with Gasteiger partial charge in [0.15, 0.2) is 0 Å². The molecule has 0 heterocycles. The number of carbonyl (C=O) groups is 1. The molecule has 0 atom stereocenters. The lowest BCUT2D eigenvalue weighted by Crippen LogP contribution is -2.27. The molecule has 0 saturated carbocycles. The second-order valence-corrected chi connectivity index (χ2v) is 9.23. The van der Waals surface area contributed by atoms with E-state index in [1.165, 1.54) is 31.3 Å². The van der Waals surface area contributed by atoms with Gasteiger partial charge in [0.25, 0.3) is 15.9 Å². The molecule has 150 valence electrons. The number of nitrogens with zero attached hydrogens (tertiary/aromatic N) is 1. The minimum atomic E-state index is -3.81. The number of halogens is 2. The number of rotatable bonds is 5. The molecule has 0 aliphatic heterocycles. The van der Waals surface area contributed by atoms with E-state index in [4.69, 9.17) is 23.2 Å². The molecule has 5 nitrogen and oxygen atoms in total. The van der Waals surface area contributed by atoms with Gasteiger partial charge in [-0.2, -0.15) is 0 Å². The number of hydrogen-bond donors (Lipinski definition) is 1. The van der Waals surface area contributed by atoms with E-state index in [0.717, 1.165) is 4.31 Å². The van der Waals surface area contributed by atoms with Crippen LogP contribution >= 0.6 is 23.2 Å². The lowest BCUT2D eigenvalue weighted by Gasteiger charge is -2.22. The van der Waals surface area contributed by atoms with Gasteiger partial charge in [-0.15, -0.1) is 0 Å². The third-order valence-corrected chi connectivity index (χ3v) is 6.67. The number of sulfonamides is 1. The van der Waals surface area contributed by atoms with E-state index >= 15 is 0 Å². The Morgan fingerprint density at radius 3 is 2.03 bits per heavy atom. The standard InChI is InChI=1S/C21H18Cl2N2O3S/c1-14-3-4-15(21(26)24-18-9-5-16(22)6-10-18)13-20(14)25(2)29(27,28)19-11-7-17(23)8-12-19/h3-13H,1-2H3,(H,24,26). The predicted octanol–water partition coefficient (Wildman–Crippen LogP) is 5.38. The third kappa shape index (κ3) is 4.72. The zero-order valence-electron chi connectivity index (χ0n) is 15.7. The molecule has 3 rings (SSSR count). The molecule has 1 N–H and O–H groups in total. The van der Waals surface area contributed by atoms with Gasteiger partial charge < -0.3 is 5.32 Å². The van der Waals surface area contributed by atoms with Crippen molar-refractivity contribution < 1.29 is 13.2 Å². The minimum absolute atomic E-state index is 0.111. The van der Waals surface area contributed by atoms with E-state index in [9.17, 15) is 13.2 Å². The highest BCUT2D eigenvalue weighted by Gasteiger charge is 2.23. The molecular weight excluding hydrogens is 431 g/mol. The Morgan fingerprint density at radius 2 is 1.45 bits per heavy atom. The Hall–Kier alpha value is -2.54. The quantitative estimate of drug-likeness (QED) is 0.569. The van der Waals surface area contributed by atoms with Crippen LogP contribution in [0.3, 0.4) is 0 Å². The highest BCUT2D eigenvalue weighted by molar-refractivity contribution is 7.92. The summed E-state index contributed by atoms with van der Waals surface area (Å²) in [6, 6.07) is 17.5. The molecule has 1 amide bonds. The molecule has 0 bridgehead atoms. The van der Waals surface area contributed by atoms with Gasteiger partial charge in [-0.3, -0.25) is 9.10 Å². The molecule has 0 aromatic heterocycles. The fourth-order valence-electron chi connectivity index (χ4n) is 2.72. The van der Waals surface area contributed by atoms with Crippen molar-refractivity contribution in [3.63, 3.8) is 0 Å². The largest absolute Gasteiger partial charge is 0.322 e. The van der Waals surface area contributed by atoms with Crippen LogP contribution in [0.2, 0.25) is 10.0 Å². The van der Waals surface area contributed by atoms with Crippen LogP contribution in [0.4, 0.5) is 11.4 Å². The molecule has 0 fully saturated rings. The molecule has 29 heavy (non-hydrogen) atoms. The third-order valence-electron chi connectivity index (χ3n) is 4.38. The summed E-state index contributed by atoms with van der Waals surface area (Å²) < 4.78 is 27.1. The van der Waals surface area contributed by atoms with Gasteiger partial charge in [0.1, 0.15) is 0 Å². The summed E-state index contributed by atoms with van der Waals surface area (Å²) in [5, 5.41) is 3.78. The van der Waals surface area contributed by atoms with Crippen LogP contribution < -0.4 is 9.62 Å². The molecule has 0 aliphatic rings. The Kier molecular flexibility index (Phi) is 6.17. The SMILES string of the molecule is Cc1ccc(C(=O)Nc2ccc(Cl)cc2)cc1N(C)S(=O)(=O)c1ccc(Cl)cc1. The fraction of sp³-hybridized carbons (Fsp3) is 0.0952. The summed E-state index contributed by atoms with van der Waals surface area (Å²) in [5.74, 6) is -0.356. The first-order chi connectivity index (χ1) is 13.7. The average molecular weight is 449 g/mol. The maximum Gasteiger partial charge on any atom is 0.264 e. The number of anilines is 2. The number of hydrogen-bond acceptors (Lipinski definition) is 3. The van der Waals surface area contributed by atoms with E-state index in [2.05, 4.69) is 5.32 Å². The van der Waals surface area contributed by atoms with Gasteiger partial charge >= 0.3 is 0 Å². The van der Waals surface area contributed by atoms with Crippen molar-refractivity contribution in [3.05, 3.63) is 87.9 Å². The number of amides is 1. The van der Waals surface area contributed by atoms with Gasteiger partial charge in [-0.25, -0.2) is 8.42 Å². The Balaban J connectivity index is 1.90. The molecule has 3 aromatic rings. The second-order valence-electron chi connectivity index (χ2n) is 6.39. The van der Waals surface area contributed by atoms with Crippen LogP contribution in [-0.4, -0.2) is 21.4 Å². The van der Waals surface area contributed by atoms with Gasteiger partial charge in [0, 0.05) is 28.3 Å². The molecular formula is C21H18Cl2N2O3S. The van der Waals surface area contributed by atoms with E-state index in [0.29, 0.717) is 32.5 Å². The molecule has 0 spiro atoms. The first kappa shape index (κ1) is 21.2. The summed E-state index contributed by atoms with van der Waals surface area (Å²) in [6.45, 7) is 1.78. The van der Waals surface area contributed by atoms with Crippen LogP contribution in [0.15, 0.2) is 71.6 Å². The second kappa shape index (κ2) is 8.45. The van der Waals surface area contributed by atoms with Crippen LogP contribution in [0.25, 0.3) is 0 Å². The van der Waals surface area contributed by atoms with E-state index in [1.54, 1.807) is 49.4 Å². The van der Waals surface area contributed by atoms with E-state index in [-0.39, 0.29) is 10.8 Å². The summed E-state index contributed by atoms with van der Waals surface area (Å²) in [4.78, 5) is 12.7. The maximum absolute atomic E-state index is 13.0. The monoisotopic (exact) mass is 448 g/mol. The minimum Gasteiger partial charge on any atom is -0.322 e. The van der Waals surface area contributed by atoms with Crippen molar-refractivity contribution in [1.82, 2.24) is 0 Å².